The van der Waals surface area contributed by atoms with Crippen LogP contribution in [-0.2, 0) is 16.3 Å². The summed E-state index contributed by atoms with van der Waals surface area (Å²) in [5.74, 6) is -0.226. The molecular formula is C22H18N2O4S2. The number of thiazole rings is 1. The first-order valence-corrected chi connectivity index (χ1v) is 11.8. The highest BCUT2D eigenvalue weighted by Crippen LogP contribution is 2.29. The number of hydrogen-bond acceptors (Lipinski definition) is 6. The lowest BCUT2D eigenvalue weighted by atomic mass is 10.0. The maximum atomic E-state index is 12.7. The number of benzene rings is 3. The minimum atomic E-state index is -3.32. The lowest BCUT2D eigenvalue weighted by Crippen LogP contribution is -2.12. The number of amides is 1. The summed E-state index contributed by atoms with van der Waals surface area (Å²) < 4.78 is 24.1. The van der Waals surface area contributed by atoms with Crippen LogP contribution in [-0.4, -0.2) is 30.7 Å². The molecule has 8 heteroatoms. The van der Waals surface area contributed by atoms with Gasteiger partial charge in [-0.25, -0.2) is 13.4 Å². The van der Waals surface area contributed by atoms with Crippen molar-refractivity contribution in [2.45, 2.75) is 11.3 Å². The van der Waals surface area contributed by atoms with Gasteiger partial charge in [0.1, 0.15) is 5.75 Å². The number of carbonyl (C=O) groups is 1. The minimum Gasteiger partial charge on any atom is -0.508 e. The molecule has 4 aromatic rings. The number of anilines is 1. The number of nitrogens with zero attached hydrogens (tertiary/aromatic N) is 1. The zero-order valence-electron chi connectivity index (χ0n) is 16.0. The van der Waals surface area contributed by atoms with Crippen molar-refractivity contribution in [3.63, 3.8) is 0 Å². The fraction of sp³-hybridized carbons (Fsp3) is 0.0909. The summed E-state index contributed by atoms with van der Waals surface area (Å²) in [6.45, 7) is 0. The quantitative estimate of drug-likeness (QED) is 0.486. The molecule has 0 saturated carbocycles. The van der Waals surface area contributed by atoms with Crippen LogP contribution in [0.3, 0.4) is 0 Å². The molecule has 0 bridgehead atoms. The molecule has 3 aromatic carbocycles. The van der Waals surface area contributed by atoms with Crippen molar-refractivity contribution in [1.82, 2.24) is 4.98 Å². The lowest BCUT2D eigenvalue weighted by Gasteiger charge is -2.08. The fourth-order valence-electron chi connectivity index (χ4n) is 3.04. The Morgan fingerprint density at radius 1 is 1.07 bits per heavy atom. The van der Waals surface area contributed by atoms with Gasteiger partial charge in [-0.05, 0) is 47.5 Å². The van der Waals surface area contributed by atoms with E-state index in [2.05, 4.69) is 10.3 Å². The van der Waals surface area contributed by atoms with Crippen molar-refractivity contribution in [3.05, 3.63) is 83.4 Å². The number of aromatic hydroxyl groups is 1. The van der Waals surface area contributed by atoms with Crippen LogP contribution in [0.4, 0.5) is 5.13 Å². The number of phenols is 1. The largest absolute Gasteiger partial charge is 0.508 e. The first kappa shape index (κ1) is 20.1. The molecule has 0 radical (unpaired) electrons. The van der Waals surface area contributed by atoms with Crippen LogP contribution in [0.2, 0.25) is 0 Å². The zero-order chi connectivity index (χ0) is 21.3. The third-order valence-electron chi connectivity index (χ3n) is 4.59. The molecule has 0 spiro atoms. The summed E-state index contributed by atoms with van der Waals surface area (Å²) in [4.78, 5) is 17.3. The molecule has 0 saturated heterocycles. The van der Waals surface area contributed by atoms with Gasteiger partial charge >= 0.3 is 0 Å². The SMILES string of the molecule is CS(=O)(=O)c1ccc2nc(NC(=O)c3ccc(O)c(Cc4ccccc4)c3)sc2c1. The molecule has 30 heavy (non-hydrogen) atoms. The number of aromatic nitrogens is 1. The van der Waals surface area contributed by atoms with Gasteiger partial charge in [-0.2, -0.15) is 0 Å². The van der Waals surface area contributed by atoms with Gasteiger partial charge in [0, 0.05) is 18.2 Å². The van der Waals surface area contributed by atoms with E-state index in [0.717, 1.165) is 11.8 Å². The maximum absolute atomic E-state index is 12.7. The number of carbonyl (C=O) groups excluding carboxylic acids is 1. The molecule has 0 fully saturated rings. The van der Waals surface area contributed by atoms with E-state index in [1.54, 1.807) is 24.3 Å². The van der Waals surface area contributed by atoms with Gasteiger partial charge < -0.3 is 5.11 Å². The predicted octanol–water partition coefficient (Wildman–Crippen LogP) is 4.25. The lowest BCUT2D eigenvalue weighted by molar-refractivity contribution is 0.102. The van der Waals surface area contributed by atoms with E-state index < -0.39 is 9.84 Å². The average molecular weight is 439 g/mol. The van der Waals surface area contributed by atoms with Gasteiger partial charge in [0.05, 0.1) is 15.1 Å². The average Bonchev–Trinajstić information content (AvgIpc) is 3.11. The molecule has 2 N–H and O–H groups in total. The van der Waals surface area contributed by atoms with Gasteiger partial charge in [-0.1, -0.05) is 41.7 Å². The van der Waals surface area contributed by atoms with Crippen molar-refractivity contribution in [1.29, 1.82) is 0 Å². The smallest absolute Gasteiger partial charge is 0.257 e. The van der Waals surface area contributed by atoms with E-state index >= 15 is 0 Å². The highest BCUT2D eigenvalue weighted by molar-refractivity contribution is 7.90. The Morgan fingerprint density at radius 3 is 2.57 bits per heavy atom. The number of nitrogens with one attached hydrogen (secondary N) is 1. The molecule has 0 aliphatic carbocycles. The second kappa shape index (κ2) is 7.89. The second-order valence-corrected chi connectivity index (χ2v) is 9.93. The molecule has 0 atom stereocenters. The molecule has 0 unspecified atom stereocenters. The zero-order valence-corrected chi connectivity index (χ0v) is 17.6. The van der Waals surface area contributed by atoms with Gasteiger partial charge in [-0.3, -0.25) is 10.1 Å². The molecule has 1 amide bonds. The Morgan fingerprint density at radius 2 is 1.83 bits per heavy atom. The van der Waals surface area contributed by atoms with E-state index in [4.69, 9.17) is 0 Å². The van der Waals surface area contributed by atoms with Crippen molar-refractivity contribution < 1.29 is 18.3 Å². The molecular weight excluding hydrogens is 420 g/mol. The van der Waals surface area contributed by atoms with E-state index in [-0.39, 0.29) is 16.6 Å². The first-order valence-electron chi connectivity index (χ1n) is 9.07. The molecule has 6 nitrogen and oxygen atoms in total. The maximum Gasteiger partial charge on any atom is 0.257 e. The molecule has 0 aliphatic rings. The highest BCUT2D eigenvalue weighted by Gasteiger charge is 2.14. The highest BCUT2D eigenvalue weighted by atomic mass is 32.2. The number of hydrogen-bond donors (Lipinski definition) is 2. The molecule has 0 aliphatic heterocycles. The normalized spacial score (nSPS) is 11.5. The van der Waals surface area contributed by atoms with Crippen LogP contribution in [0.15, 0.2) is 71.6 Å². The summed E-state index contributed by atoms with van der Waals surface area (Å²) in [5.41, 5.74) is 2.68. The summed E-state index contributed by atoms with van der Waals surface area (Å²) >= 11 is 1.20. The Kier molecular flexibility index (Phi) is 5.27. The topological polar surface area (TPSA) is 96.4 Å². The Hall–Kier alpha value is -3.23. The Balaban J connectivity index is 1.57. The van der Waals surface area contributed by atoms with Crippen LogP contribution in [0.1, 0.15) is 21.5 Å². The summed E-state index contributed by atoms with van der Waals surface area (Å²) in [6.07, 6.45) is 1.65. The van der Waals surface area contributed by atoms with Crippen LogP contribution in [0, 0.1) is 0 Å². The van der Waals surface area contributed by atoms with Crippen LogP contribution in [0.5, 0.6) is 5.75 Å². The minimum absolute atomic E-state index is 0.128. The van der Waals surface area contributed by atoms with E-state index in [0.29, 0.717) is 32.9 Å². The van der Waals surface area contributed by atoms with Crippen molar-refractivity contribution in [3.8, 4) is 5.75 Å². The fourth-order valence-corrected chi connectivity index (χ4v) is 4.66. The molecule has 152 valence electrons. The Bertz CT molecular complexity index is 1350. The standard InChI is InChI=1S/C22H18N2O4S2/c1-30(27,28)17-8-9-18-20(13-17)29-22(23-18)24-21(26)15-7-10-19(25)16(12-15)11-14-5-3-2-4-6-14/h2-10,12-13,25H,11H2,1H3,(H,23,24,26). The third kappa shape index (κ3) is 4.34. The first-order chi connectivity index (χ1) is 14.3. The van der Waals surface area contributed by atoms with Crippen LogP contribution >= 0.6 is 11.3 Å². The monoisotopic (exact) mass is 438 g/mol. The molecule has 4 rings (SSSR count). The predicted molar refractivity (Wildman–Crippen MR) is 118 cm³/mol. The van der Waals surface area contributed by atoms with Gasteiger partial charge in [0.2, 0.25) is 0 Å². The van der Waals surface area contributed by atoms with Crippen molar-refractivity contribution in [2.24, 2.45) is 0 Å². The third-order valence-corrected chi connectivity index (χ3v) is 6.63. The number of fused-ring (bicyclic) bond motifs is 1. The van der Waals surface area contributed by atoms with E-state index in [9.17, 15) is 18.3 Å². The number of sulfone groups is 1. The van der Waals surface area contributed by atoms with Gasteiger partial charge in [0.15, 0.2) is 15.0 Å². The Labute approximate surface area is 177 Å². The molecule has 1 heterocycles. The summed E-state index contributed by atoms with van der Waals surface area (Å²) in [6, 6.07) is 19.1. The van der Waals surface area contributed by atoms with Gasteiger partial charge in [-0.15, -0.1) is 0 Å². The summed E-state index contributed by atoms with van der Waals surface area (Å²) in [5, 5.41) is 13.3. The van der Waals surface area contributed by atoms with E-state index in [1.807, 2.05) is 30.3 Å². The number of phenolic OH excluding ortho intramolecular Hbond substituents is 1. The van der Waals surface area contributed by atoms with Crippen molar-refractivity contribution >= 4 is 42.4 Å². The number of rotatable bonds is 5. The van der Waals surface area contributed by atoms with Crippen molar-refractivity contribution in [2.75, 3.05) is 11.6 Å². The summed E-state index contributed by atoms with van der Waals surface area (Å²) in [7, 11) is -3.32. The van der Waals surface area contributed by atoms with Crippen LogP contribution in [0.25, 0.3) is 10.2 Å². The van der Waals surface area contributed by atoms with Crippen LogP contribution < -0.4 is 5.32 Å². The second-order valence-electron chi connectivity index (χ2n) is 6.88. The molecule has 1 aromatic heterocycles. The van der Waals surface area contributed by atoms with E-state index in [1.165, 1.54) is 23.5 Å². The van der Waals surface area contributed by atoms with Gasteiger partial charge in [0.25, 0.3) is 5.91 Å².